The molecule has 0 aliphatic carbocycles. The third-order valence-electron chi connectivity index (χ3n) is 3.39. The molecule has 1 heterocycles. The van der Waals surface area contributed by atoms with Crippen LogP contribution in [0.15, 0.2) is 29.2 Å². The smallest absolute Gasteiger partial charge is 0.238 e. The van der Waals surface area contributed by atoms with E-state index in [0.29, 0.717) is 0 Å². The molecule has 0 bridgehead atoms. The van der Waals surface area contributed by atoms with E-state index in [4.69, 9.17) is 5.14 Å². The lowest BCUT2D eigenvalue weighted by Gasteiger charge is -2.17. The van der Waals surface area contributed by atoms with E-state index in [1.54, 1.807) is 12.1 Å². The zero-order chi connectivity index (χ0) is 17.3. The average Bonchev–Trinajstić information content (AvgIpc) is 2.92. The summed E-state index contributed by atoms with van der Waals surface area (Å²) in [5.74, 6) is 0.790. The van der Waals surface area contributed by atoms with Crippen molar-refractivity contribution in [2.45, 2.75) is 50.5 Å². The van der Waals surface area contributed by atoms with Crippen LogP contribution in [0.3, 0.4) is 0 Å². The highest BCUT2D eigenvalue weighted by molar-refractivity contribution is 7.89. The number of nitrogens with zero attached hydrogens (tertiary/aromatic N) is 2. The molecule has 1 aromatic carbocycles. The lowest BCUT2D eigenvalue weighted by Crippen LogP contribution is -2.15. The number of anilines is 1. The molecule has 0 aliphatic rings. The first-order chi connectivity index (χ1) is 10.6. The Morgan fingerprint density at radius 3 is 2.57 bits per heavy atom. The molecule has 23 heavy (non-hydrogen) atoms. The van der Waals surface area contributed by atoms with Gasteiger partial charge in [-0.2, -0.15) is 4.37 Å². The van der Waals surface area contributed by atoms with Gasteiger partial charge in [0.05, 0.1) is 10.9 Å². The van der Waals surface area contributed by atoms with Crippen LogP contribution in [0.2, 0.25) is 0 Å². The fourth-order valence-corrected chi connectivity index (χ4v) is 3.44. The number of sulfonamides is 1. The molecule has 0 spiro atoms. The van der Waals surface area contributed by atoms with E-state index < -0.39 is 10.0 Å². The largest absolute Gasteiger partial charge is 0.353 e. The van der Waals surface area contributed by atoms with Gasteiger partial charge in [-0.15, -0.1) is 0 Å². The molecule has 1 atom stereocenters. The molecule has 0 saturated heterocycles. The van der Waals surface area contributed by atoms with Gasteiger partial charge in [0.25, 0.3) is 0 Å². The van der Waals surface area contributed by atoms with E-state index in [1.165, 1.54) is 17.6 Å². The first-order valence-electron chi connectivity index (χ1n) is 7.34. The second-order valence-electron chi connectivity index (χ2n) is 6.40. The van der Waals surface area contributed by atoms with Gasteiger partial charge < -0.3 is 5.32 Å². The van der Waals surface area contributed by atoms with E-state index in [-0.39, 0.29) is 16.4 Å². The van der Waals surface area contributed by atoms with Crippen molar-refractivity contribution in [2.24, 2.45) is 5.14 Å². The molecule has 2 aromatic rings. The lowest BCUT2D eigenvalue weighted by atomic mass is 9.96. The van der Waals surface area contributed by atoms with E-state index in [0.717, 1.165) is 22.9 Å². The van der Waals surface area contributed by atoms with Crippen molar-refractivity contribution in [3.63, 3.8) is 0 Å². The van der Waals surface area contributed by atoms with Crippen LogP contribution in [0.4, 0.5) is 5.13 Å². The minimum Gasteiger partial charge on any atom is -0.353 e. The third-order valence-corrected chi connectivity index (χ3v) is 4.95. The normalized spacial score (nSPS) is 13.8. The molecule has 0 amide bonds. The summed E-state index contributed by atoms with van der Waals surface area (Å²) in [4.78, 5) is 4.63. The van der Waals surface area contributed by atoms with Gasteiger partial charge >= 0.3 is 0 Å². The molecule has 6 nitrogen and oxygen atoms in total. The number of primary sulfonamides is 1. The maximum Gasteiger partial charge on any atom is 0.238 e. The molecule has 0 radical (unpaired) electrons. The highest BCUT2D eigenvalue weighted by Crippen LogP contribution is 2.28. The predicted octanol–water partition coefficient (Wildman–Crippen LogP) is 3.05. The molecule has 2 rings (SSSR count). The summed E-state index contributed by atoms with van der Waals surface area (Å²) in [6, 6.07) is 6.61. The zero-order valence-electron chi connectivity index (χ0n) is 13.7. The van der Waals surface area contributed by atoms with Gasteiger partial charge in [-0.05, 0) is 24.1 Å². The maximum atomic E-state index is 11.5. The van der Waals surface area contributed by atoms with Crippen molar-refractivity contribution in [2.75, 3.05) is 5.32 Å². The molecular formula is C15H22N4O2S2. The Bertz CT molecular complexity index is 779. The molecule has 0 saturated carbocycles. The maximum absolute atomic E-state index is 11.5. The van der Waals surface area contributed by atoms with Crippen molar-refractivity contribution in [3.8, 4) is 0 Å². The van der Waals surface area contributed by atoms with Crippen LogP contribution in [0.1, 0.15) is 51.5 Å². The second-order valence-corrected chi connectivity index (χ2v) is 8.71. The average molecular weight is 355 g/mol. The van der Waals surface area contributed by atoms with E-state index >= 15 is 0 Å². The Balaban J connectivity index is 2.25. The number of benzene rings is 1. The Morgan fingerprint density at radius 1 is 1.35 bits per heavy atom. The predicted molar refractivity (Wildman–Crippen MR) is 93.1 cm³/mol. The molecule has 0 fully saturated rings. The van der Waals surface area contributed by atoms with E-state index in [1.807, 2.05) is 13.0 Å². The van der Waals surface area contributed by atoms with E-state index in [2.05, 4.69) is 35.4 Å². The molecule has 3 N–H and O–H groups in total. The minimum absolute atomic E-state index is 0.0579. The quantitative estimate of drug-likeness (QED) is 0.860. The monoisotopic (exact) mass is 354 g/mol. The fraction of sp³-hybridized carbons (Fsp3) is 0.467. The van der Waals surface area contributed by atoms with Crippen LogP contribution in [-0.4, -0.2) is 17.8 Å². The first kappa shape index (κ1) is 17.8. The number of nitrogens with one attached hydrogen (secondary N) is 1. The number of hydrogen-bond acceptors (Lipinski definition) is 6. The first-order valence-corrected chi connectivity index (χ1v) is 9.66. The second kappa shape index (κ2) is 6.54. The minimum atomic E-state index is -3.71. The molecule has 1 unspecified atom stereocenters. The Labute approximate surface area is 141 Å². The van der Waals surface area contributed by atoms with E-state index in [9.17, 15) is 8.42 Å². The van der Waals surface area contributed by atoms with Crippen LogP contribution in [0, 0.1) is 0 Å². The molecular weight excluding hydrogens is 332 g/mol. The number of rotatable bonds is 5. The summed E-state index contributed by atoms with van der Waals surface area (Å²) in [7, 11) is -3.71. The highest BCUT2D eigenvalue weighted by Gasteiger charge is 2.21. The highest BCUT2D eigenvalue weighted by atomic mass is 32.2. The Morgan fingerprint density at radius 2 is 2.04 bits per heavy atom. The lowest BCUT2D eigenvalue weighted by molar-refractivity contribution is 0.554. The van der Waals surface area contributed by atoms with Crippen molar-refractivity contribution in [1.29, 1.82) is 0 Å². The molecule has 1 aromatic heterocycles. The zero-order valence-corrected chi connectivity index (χ0v) is 15.3. The summed E-state index contributed by atoms with van der Waals surface area (Å²) in [6.45, 7) is 8.20. The number of aromatic nitrogens is 2. The van der Waals surface area contributed by atoms with Gasteiger partial charge in [0.2, 0.25) is 15.2 Å². The van der Waals surface area contributed by atoms with Crippen molar-refractivity contribution >= 4 is 26.7 Å². The van der Waals surface area contributed by atoms with Crippen molar-refractivity contribution < 1.29 is 8.42 Å². The summed E-state index contributed by atoms with van der Waals surface area (Å²) in [5.41, 5.74) is 0.748. The molecule has 8 heteroatoms. The van der Waals surface area contributed by atoms with Crippen LogP contribution < -0.4 is 10.5 Å². The van der Waals surface area contributed by atoms with Gasteiger partial charge in [-0.25, -0.2) is 18.5 Å². The summed E-state index contributed by atoms with van der Waals surface area (Å²) in [6.07, 6.45) is 0.776. The summed E-state index contributed by atoms with van der Waals surface area (Å²) in [5, 5.41) is 9.25. The van der Waals surface area contributed by atoms with Gasteiger partial charge in [0, 0.05) is 16.9 Å². The van der Waals surface area contributed by atoms with Gasteiger partial charge in [0.15, 0.2) is 0 Å². The van der Waals surface area contributed by atoms with Gasteiger partial charge in [-0.3, -0.25) is 0 Å². The SMILES string of the molecule is CCC(Nc1nc(C(C)(C)C)ns1)c1cccc(S(N)(=O)=O)c1. The standard InChI is InChI=1S/C15H22N4O2S2/c1-5-12(10-7-6-8-11(9-10)23(16,20)21)17-14-18-13(19-22-14)15(2,3)4/h6-9,12H,5H2,1-4H3,(H2,16,20,21)(H,17,18,19). The van der Waals surface area contributed by atoms with Crippen LogP contribution in [-0.2, 0) is 15.4 Å². The van der Waals surface area contributed by atoms with Crippen LogP contribution in [0.25, 0.3) is 0 Å². The van der Waals surface area contributed by atoms with Crippen molar-refractivity contribution in [1.82, 2.24) is 9.36 Å². The Kier molecular flexibility index (Phi) is 5.07. The fourth-order valence-electron chi connectivity index (χ4n) is 2.07. The van der Waals surface area contributed by atoms with Gasteiger partial charge in [0.1, 0.15) is 5.82 Å². The van der Waals surface area contributed by atoms with Gasteiger partial charge in [-0.1, -0.05) is 39.8 Å². The Hall–Kier alpha value is -1.51. The summed E-state index contributed by atoms with van der Waals surface area (Å²) < 4.78 is 27.4. The third kappa shape index (κ3) is 4.49. The summed E-state index contributed by atoms with van der Waals surface area (Å²) >= 11 is 1.31. The molecule has 126 valence electrons. The topological polar surface area (TPSA) is 98.0 Å². The van der Waals surface area contributed by atoms with Crippen LogP contribution >= 0.6 is 11.5 Å². The van der Waals surface area contributed by atoms with Crippen molar-refractivity contribution in [3.05, 3.63) is 35.7 Å². The van der Waals surface area contributed by atoms with Crippen LogP contribution in [0.5, 0.6) is 0 Å². The number of hydrogen-bond donors (Lipinski definition) is 2. The number of nitrogens with two attached hydrogens (primary N) is 1. The molecule has 0 aliphatic heterocycles.